The number of hydrogen-bond acceptors (Lipinski definition) is 8. The first-order valence-electron chi connectivity index (χ1n) is 11.5. The molecule has 192 valence electrons. The molecule has 10 nitrogen and oxygen atoms in total. The summed E-state index contributed by atoms with van der Waals surface area (Å²) in [6.07, 6.45) is -3.19. The third-order valence-corrected chi connectivity index (χ3v) is 5.34. The molecule has 10 heteroatoms. The normalized spacial score (nSPS) is 14.0. The quantitative estimate of drug-likeness (QED) is 0.301. The number of alkyl carbamates (subject to hydrolysis) is 2. The van der Waals surface area contributed by atoms with E-state index in [4.69, 9.17) is 9.47 Å². The van der Waals surface area contributed by atoms with E-state index in [2.05, 4.69) is 15.4 Å². The van der Waals surface area contributed by atoms with Crippen molar-refractivity contribution < 1.29 is 38.5 Å². The minimum atomic E-state index is -1.54. The molecule has 2 aromatic carbocycles. The number of nitrogens with one attached hydrogen (secondary N) is 2. The third kappa shape index (κ3) is 6.82. The molecule has 0 bridgehead atoms. The number of carbonyl (C=O) groups is 4. The van der Waals surface area contributed by atoms with E-state index in [0.717, 1.165) is 22.3 Å². The van der Waals surface area contributed by atoms with Crippen molar-refractivity contribution in [3.63, 3.8) is 0 Å². The van der Waals surface area contributed by atoms with Crippen LogP contribution in [0.5, 0.6) is 0 Å². The van der Waals surface area contributed by atoms with E-state index in [1.54, 1.807) is 20.8 Å². The number of aliphatic hydroxyl groups excluding tert-OH is 1. The molecule has 3 rings (SSSR count). The van der Waals surface area contributed by atoms with Gasteiger partial charge in [0.1, 0.15) is 18.8 Å². The minimum Gasteiger partial charge on any atom is -0.449 e. The van der Waals surface area contributed by atoms with Gasteiger partial charge in [0.15, 0.2) is 6.04 Å². The van der Waals surface area contributed by atoms with Gasteiger partial charge in [-0.3, -0.25) is 0 Å². The molecule has 36 heavy (non-hydrogen) atoms. The Balaban J connectivity index is 1.49. The SMILES string of the molecule is C[C@@H](O)[C@H](NC(=O)OC(C)(C)C)C(=O)OC(=O)CNC(=O)OCC1c2ccccc2-c2ccccc21. The number of esters is 2. The summed E-state index contributed by atoms with van der Waals surface area (Å²) in [5, 5.41) is 14.2. The van der Waals surface area contributed by atoms with Crippen molar-refractivity contribution in [2.75, 3.05) is 13.2 Å². The topological polar surface area (TPSA) is 140 Å². The predicted octanol–water partition coefficient (Wildman–Crippen LogP) is 2.87. The van der Waals surface area contributed by atoms with Gasteiger partial charge in [0.05, 0.1) is 6.10 Å². The molecule has 0 radical (unpaired) electrons. The van der Waals surface area contributed by atoms with Gasteiger partial charge in [-0.05, 0) is 49.9 Å². The highest BCUT2D eigenvalue weighted by atomic mass is 16.6. The molecule has 2 amide bonds. The molecule has 1 aliphatic rings. The molecular weight excluding hydrogens is 468 g/mol. The Kier molecular flexibility index (Phi) is 8.31. The first kappa shape index (κ1) is 26.7. The van der Waals surface area contributed by atoms with Crippen LogP contribution in [0.1, 0.15) is 44.7 Å². The van der Waals surface area contributed by atoms with E-state index in [0.29, 0.717) is 0 Å². The van der Waals surface area contributed by atoms with Crippen molar-refractivity contribution in [3.05, 3.63) is 59.7 Å². The minimum absolute atomic E-state index is 0.0533. The zero-order chi connectivity index (χ0) is 26.5. The molecule has 0 saturated carbocycles. The van der Waals surface area contributed by atoms with Crippen LogP contribution in [0, 0.1) is 0 Å². The molecule has 0 aromatic heterocycles. The molecular formula is C26H30N2O8. The van der Waals surface area contributed by atoms with Crippen LogP contribution in [0.4, 0.5) is 9.59 Å². The van der Waals surface area contributed by atoms with E-state index in [1.165, 1.54) is 6.92 Å². The number of amides is 2. The Morgan fingerprint density at radius 3 is 2.03 bits per heavy atom. The highest BCUT2D eigenvalue weighted by Gasteiger charge is 2.32. The zero-order valence-electron chi connectivity index (χ0n) is 20.6. The number of carbonyl (C=O) groups excluding carboxylic acids is 4. The standard InChI is InChI=1S/C26H30N2O8/c1-15(29)22(28-25(33)36-26(2,3)4)23(31)35-21(30)13-27-24(32)34-14-20-18-11-7-5-9-16(18)17-10-6-8-12-19(17)20/h5-12,15,20,22,29H,13-14H2,1-4H3,(H,27,32)(H,28,33)/t15-,22+/m1/s1. The fourth-order valence-electron chi connectivity index (χ4n) is 3.82. The molecule has 0 unspecified atom stereocenters. The Bertz CT molecular complexity index is 1090. The number of rotatable bonds is 7. The highest BCUT2D eigenvalue weighted by molar-refractivity contribution is 5.92. The zero-order valence-corrected chi connectivity index (χ0v) is 20.6. The van der Waals surface area contributed by atoms with Gasteiger partial charge in [0, 0.05) is 5.92 Å². The van der Waals surface area contributed by atoms with Gasteiger partial charge in [-0.15, -0.1) is 0 Å². The molecule has 1 aliphatic carbocycles. The Hall–Kier alpha value is -3.92. The van der Waals surface area contributed by atoms with E-state index in [9.17, 15) is 24.3 Å². The van der Waals surface area contributed by atoms with E-state index >= 15 is 0 Å². The largest absolute Gasteiger partial charge is 0.449 e. The summed E-state index contributed by atoms with van der Waals surface area (Å²) in [5.74, 6) is -2.44. The lowest BCUT2D eigenvalue weighted by Crippen LogP contribution is -2.50. The summed E-state index contributed by atoms with van der Waals surface area (Å²) in [5.41, 5.74) is 3.41. The van der Waals surface area contributed by atoms with Gasteiger partial charge < -0.3 is 30.0 Å². The number of ether oxygens (including phenoxy) is 3. The lowest BCUT2D eigenvalue weighted by Gasteiger charge is -2.23. The van der Waals surface area contributed by atoms with Crippen LogP contribution >= 0.6 is 0 Å². The fraction of sp³-hybridized carbons (Fsp3) is 0.385. The molecule has 2 atom stereocenters. The van der Waals surface area contributed by atoms with Crippen molar-refractivity contribution in [1.29, 1.82) is 0 Å². The smallest absolute Gasteiger partial charge is 0.408 e. The Morgan fingerprint density at radius 2 is 1.50 bits per heavy atom. The number of benzene rings is 2. The highest BCUT2D eigenvalue weighted by Crippen LogP contribution is 2.44. The van der Waals surface area contributed by atoms with Gasteiger partial charge in [0.2, 0.25) is 0 Å². The van der Waals surface area contributed by atoms with Gasteiger partial charge in [-0.25, -0.2) is 19.2 Å². The second kappa shape index (κ2) is 11.2. The average Bonchev–Trinajstić information content (AvgIpc) is 3.12. The molecule has 0 heterocycles. The molecule has 0 saturated heterocycles. The first-order valence-corrected chi connectivity index (χ1v) is 11.5. The maximum absolute atomic E-state index is 12.3. The molecule has 0 aliphatic heterocycles. The average molecular weight is 499 g/mol. The maximum atomic E-state index is 12.3. The Morgan fingerprint density at radius 1 is 0.944 bits per heavy atom. The Labute approximate surface area is 208 Å². The van der Waals surface area contributed by atoms with Crippen LogP contribution in [0.25, 0.3) is 11.1 Å². The van der Waals surface area contributed by atoms with Crippen molar-refractivity contribution in [2.45, 2.75) is 51.4 Å². The number of hydrogen-bond donors (Lipinski definition) is 3. The van der Waals surface area contributed by atoms with Crippen molar-refractivity contribution in [1.82, 2.24) is 10.6 Å². The van der Waals surface area contributed by atoms with E-state index in [1.807, 2.05) is 48.5 Å². The fourth-order valence-corrected chi connectivity index (χ4v) is 3.82. The number of fused-ring (bicyclic) bond motifs is 3. The predicted molar refractivity (Wildman–Crippen MR) is 129 cm³/mol. The summed E-state index contributed by atoms with van der Waals surface area (Å²) in [6, 6.07) is 14.2. The molecule has 0 spiro atoms. The van der Waals surface area contributed by atoms with Crippen molar-refractivity contribution >= 4 is 24.1 Å². The lowest BCUT2D eigenvalue weighted by molar-refractivity contribution is -0.162. The summed E-state index contributed by atoms with van der Waals surface area (Å²) >= 11 is 0. The second-order valence-electron chi connectivity index (χ2n) is 9.34. The van der Waals surface area contributed by atoms with E-state index in [-0.39, 0.29) is 12.5 Å². The summed E-state index contributed by atoms with van der Waals surface area (Å²) < 4.78 is 15.0. The summed E-state index contributed by atoms with van der Waals surface area (Å²) in [6.45, 7) is 5.52. The van der Waals surface area contributed by atoms with Crippen LogP contribution in [0.3, 0.4) is 0 Å². The van der Waals surface area contributed by atoms with Crippen molar-refractivity contribution in [3.8, 4) is 11.1 Å². The van der Waals surface area contributed by atoms with Gasteiger partial charge >= 0.3 is 24.1 Å². The van der Waals surface area contributed by atoms with Crippen LogP contribution in [0.2, 0.25) is 0 Å². The second-order valence-corrected chi connectivity index (χ2v) is 9.34. The molecule has 0 fully saturated rings. The van der Waals surface area contributed by atoms with Gasteiger partial charge in [-0.1, -0.05) is 48.5 Å². The first-order chi connectivity index (χ1) is 17.0. The van der Waals surface area contributed by atoms with Gasteiger partial charge in [-0.2, -0.15) is 0 Å². The van der Waals surface area contributed by atoms with Crippen LogP contribution < -0.4 is 10.6 Å². The number of aliphatic hydroxyl groups is 1. The van der Waals surface area contributed by atoms with Crippen molar-refractivity contribution in [2.24, 2.45) is 0 Å². The van der Waals surface area contributed by atoms with Gasteiger partial charge in [0.25, 0.3) is 0 Å². The third-order valence-electron chi connectivity index (χ3n) is 5.34. The van der Waals surface area contributed by atoms with Crippen LogP contribution in [0.15, 0.2) is 48.5 Å². The molecule has 3 N–H and O–H groups in total. The molecule has 2 aromatic rings. The lowest BCUT2D eigenvalue weighted by atomic mass is 9.98. The monoisotopic (exact) mass is 498 g/mol. The summed E-state index contributed by atoms with van der Waals surface area (Å²) in [4.78, 5) is 48.4. The van der Waals surface area contributed by atoms with Crippen LogP contribution in [-0.4, -0.2) is 60.1 Å². The van der Waals surface area contributed by atoms with E-state index < -0.39 is 48.4 Å². The summed E-state index contributed by atoms with van der Waals surface area (Å²) in [7, 11) is 0. The van der Waals surface area contributed by atoms with Crippen LogP contribution in [-0.2, 0) is 23.8 Å². The maximum Gasteiger partial charge on any atom is 0.408 e.